The maximum atomic E-state index is 14.6. The maximum absolute atomic E-state index is 14.6. The third-order valence-electron chi connectivity index (χ3n) is 12.9. The monoisotopic (exact) mass is 632 g/mol. The minimum Gasteiger partial charge on any atom is -0.460 e. The van der Waals surface area contributed by atoms with Gasteiger partial charge in [-0.05, 0) is 75.5 Å². The van der Waals surface area contributed by atoms with Gasteiger partial charge in [0, 0.05) is 42.9 Å². The number of esters is 2. The van der Waals surface area contributed by atoms with Gasteiger partial charge in [-0.1, -0.05) is 53.2 Å². The molecule has 9 nitrogen and oxygen atoms in total. The van der Waals surface area contributed by atoms with Crippen molar-refractivity contribution in [1.29, 1.82) is 0 Å². The highest BCUT2D eigenvalue weighted by molar-refractivity contribution is 5.90. The van der Waals surface area contributed by atoms with Crippen LogP contribution < -0.4 is 0 Å². The number of carbonyl (C=O) groups is 4. The van der Waals surface area contributed by atoms with Crippen LogP contribution in [0.1, 0.15) is 121 Å². The normalized spacial score (nSPS) is 40.3. The summed E-state index contributed by atoms with van der Waals surface area (Å²) >= 11 is 0. The number of aliphatic hydroxyl groups is 3. The number of hydrogen-bond acceptors (Lipinski definition) is 9. The molecule has 0 aliphatic heterocycles. The number of hydrogen-bond donors (Lipinski definition) is 3. The average Bonchev–Trinajstić information content (AvgIpc) is 3.10. The number of ether oxygens (including phenoxy) is 2. The molecule has 0 amide bonds. The highest BCUT2D eigenvalue weighted by Gasteiger charge is 2.74. The molecule has 4 aliphatic carbocycles. The van der Waals surface area contributed by atoms with Crippen LogP contribution in [0.3, 0.4) is 0 Å². The number of Topliss-reactive ketones (excluding diaryl/α,β-unsaturated/α-hetero) is 2. The lowest BCUT2D eigenvalue weighted by molar-refractivity contribution is -0.191. The molecule has 0 spiro atoms. The number of fused-ring (bicyclic) bond motifs is 5. The molecule has 10 atom stereocenters. The zero-order valence-corrected chi connectivity index (χ0v) is 29.0. The predicted molar refractivity (Wildman–Crippen MR) is 168 cm³/mol. The van der Waals surface area contributed by atoms with Crippen LogP contribution in [0, 0.1) is 39.4 Å². The lowest BCUT2D eigenvalue weighted by Gasteiger charge is -2.65. The van der Waals surface area contributed by atoms with Crippen LogP contribution in [0.2, 0.25) is 0 Å². The second-order valence-electron chi connectivity index (χ2n) is 16.6. The van der Waals surface area contributed by atoms with Gasteiger partial charge in [0.2, 0.25) is 0 Å². The summed E-state index contributed by atoms with van der Waals surface area (Å²) in [7, 11) is 0. The Bertz CT molecular complexity index is 1260. The van der Waals surface area contributed by atoms with Crippen molar-refractivity contribution in [2.45, 2.75) is 150 Å². The Morgan fingerprint density at radius 1 is 1.02 bits per heavy atom. The largest absolute Gasteiger partial charge is 0.460 e. The second kappa shape index (κ2) is 11.6. The van der Waals surface area contributed by atoms with E-state index in [2.05, 4.69) is 13.0 Å². The molecular formula is C36H56O9. The van der Waals surface area contributed by atoms with Gasteiger partial charge in [0.1, 0.15) is 23.1 Å². The molecule has 0 saturated heterocycles. The molecule has 4 rings (SSSR count). The van der Waals surface area contributed by atoms with E-state index in [-0.39, 0.29) is 49.3 Å². The van der Waals surface area contributed by atoms with Crippen molar-refractivity contribution in [3.8, 4) is 0 Å². The van der Waals surface area contributed by atoms with Gasteiger partial charge in [0.05, 0.1) is 12.2 Å². The van der Waals surface area contributed by atoms with Crippen LogP contribution in [0.5, 0.6) is 0 Å². The van der Waals surface area contributed by atoms with Crippen molar-refractivity contribution >= 4 is 23.5 Å². The number of ketones is 2. The van der Waals surface area contributed by atoms with E-state index in [0.717, 1.165) is 5.57 Å². The molecule has 0 heterocycles. The van der Waals surface area contributed by atoms with E-state index < -0.39 is 68.8 Å². The second-order valence-corrected chi connectivity index (χ2v) is 16.6. The highest BCUT2D eigenvalue weighted by atomic mass is 16.6. The zero-order valence-electron chi connectivity index (χ0n) is 29.0. The summed E-state index contributed by atoms with van der Waals surface area (Å²) in [6, 6.07) is 0. The molecule has 45 heavy (non-hydrogen) atoms. The van der Waals surface area contributed by atoms with Crippen LogP contribution in [0.25, 0.3) is 0 Å². The third kappa shape index (κ3) is 5.52. The van der Waals surface area contributed by atoms with Crippen molar-refractivity contribution in [1.82, 2.24) is 0 Å². The number of rotatable bonds is 9. The molecule has 0 aromatic heterocycles. The summed E-state index contributed by atoms with van der Waals surface area (Å²) in [6.07, 6.45) is 1.80. The Hall–Kier alpha value is -2.10. The summed E-state index contributed by atoms with van der Waals surface area (Å²) in [4.78, 5) is 52.4. The Balaban J connectivity index is 1.70. The molecule has 4 aliphatic rings. The molecule has 0 bridgehead atoms. The first-order chi connectivity index (χ1) is 20.5. The van der Waals surface area contributed by atoms with Crippen LogP contribution >= 0.6 is 0 Å². The Kier molecular flexibility index (Phi) is 9.18. The van der Waals surface area contributed by atoms with Gasteiger partial charge in [0.25, 0.3) is 0 Å². The third-order valence-corrected chi connectivity index (χ3v) is 12.9. The highest BCUT2D eigenvalue weighted by Crippen LogP contribution is 2.74. The minimum atomic E-state index is -1.92. The fourth-order valence-corrected chi connectivity index (χ4v) is 10.4. The molecule has 0 aromatic carbocycles. The Labute approximate surface area is 268 Å². The first kappa shape index (κ1) is 35.7. The number of allylic oxidation sites excluding steroid dienone is 1. The van der Waals surface area contributed by atoms with E-state index in [1.165, 1.54) is 13.8 Å². The van der Waals surface area contributed by atoms with Crippen LogP contribution in [0.15, 0.2) is 11.6 Å². The van der Waals surface area contributed by atoms with Crippen molar-refractivity contribution in [2.24, 2.45) is 39.4 Å². The van der Waals surface area contributed by atoms with Crippen molar-refractivity contribution in [3.05, 3.63) is 11.6 Å². The minimum absolute atomic E-state index is 0.00670. The van der Waals surface area contributed by atoms with Gasteiger partial charge in [-0.25, -0.2) is 0 Å². The summed E-state index contributed by atoms with van der Waals surface area (Å²) in [5.41, 5.74) is -4.89. The van der Waals surface area contributed by atoms with E-state index >= 15 is 0 Å². The molecule has 3 saturated carbocycles. The molecular weight excluding hydrogens is 576 g/mol. The number of aliphatic hydroxyl groups excluding tert-OH is 2. The molecule has 254 valence electrons. The molecule has 3 fully saturated rings. The van der Waals surface area contributed by atoms with E-state index in [1.54, 1.807) is 13.8 Å². The first-order valence-electron chi connectivity index (χ1n) is 16.8. The van der Waals surface area contributed by atoms with Gasteiger partial charge >= 0.3 is 11.9 Å². The van der Waals surface area contributed by atoms with E-state index in [0.29, 0.717) is 25.7 Å². The van der Waals surface area contributed by atoms with Crippen LogP contribution in [-0.2, 0) is 28.7 Å². The topological polar surface area (TPSA) is 147 Å². The fourth-order valence-electron chi connectivity index (χ4n) is 10.4. The maximum Gasteiger partial charge on any atom is 0.306 e. The van der Waals surface area contributed by atoms with Crippen molar-refractivity contribution in [3.63, 3.8) is 0 Å². The molecule has 1 unspecified atom stereocenters. The Morgan fingerprint density at radius 2 is 1.64 bits per heavy atom. The summed E-state index contributed by atoms with van der Waals surface area (Å²) in [5.74, 6) is -2.63. The van der Waals surface area contributed by atoms with E-state index in [9.17, 15) is 34.5 Å². The summed E-state index contributed by atoms with van der Waals surface area (Å²) < 4.78 is 11.2. The predicted octanol–water partition coefficient (Wildman–Crippen LogP) is 4.87. The van der Waals surface area contributed by atoms with Gasteiger partial charge in [0.15, 0.2) is 5.78 Å². The number of carbonyl (C=O) groups excluding carboxylic acids is 4. The van der Waals surface area contributed by atoms with Gasteiger partial charge in [-0.3, -0.25) is 19.2 Å². The zero-order chi connectivity index (χ0) is 34.1. The van der Waals surface area contributed by atoms with Gasteiger partial charge in [-0.15, -0.1) is 0 Å². The van der Waals surface area contributed by atoms with Crippen molar-refractivity contribution < 1.29 is 44.0 Å². The molecule has 0 aromatic rings. The molecule has 9 heteroatoms. The Morgan fingerprint density at radius 3 is 2.22 bits per heavy atom. The average molecular weight is 633 g/mol. The van der Waals surface area contributed by atoms with E-state index in [4.69, 9.17) is 9.47 Å². The summed E-state index contributed by atoms with van der Waals surface area (Å²) in [5, 5.41) is 35.0. The van der Waals surface area contributed by atoms with E-state index in [1.807, 2.05) is 34.6 Å². The quantitative estimate of drug-likeness (QED) is 0.239. The lowest BCUT2D eigenvalue weighted by Crippen LogP contribution is -2.66. The SMILES string of the molecule is CCCC(=O)O[C@H]1C[C@@H]2C(=CC[C@@H]3[C@@]2(C)C(=O)C[C@]2(C)C([C@@](C)(O)C(=O)CCC(C)(C)OC(C)=O)[C@H](O)C[C@@]32C)C(C)(C)[C@@H]1O. The molecule has 3 N–H and O–H groups in total. The lowest BCUT2D eigenvalue weighted by atomic mass is 9.38. The smallest absolute Gasteiger partial charge is 0.306 e. The molecule has 0 radical (unpaired) electrons. The summed E-state index contributed by atoms with van der Waals surface area (Å²) in [6.45, 7) is 18.0. The van der Waals surface area contributed by atoms with Gasteiger partial charge in [-0.2, -0.15) is 0 Å². The van der Waals surface area contributed by atoms with Crippen molar-refractivity contribution in [2.75, 3.05) is 0 Å². The first-order valence-corrected chi connectivity index (χ1v) is 16.8. The fraction of sp³-hybridized carbons (Fsp3) is 0.833. The van der Waals surface area contributed by atoms with Gasteiger partial charge < -0.3 is 24.8 Å². The van der Waals surface area contributed by atoms with Crippen LogP contribution in [0.4, 0.5) is 0 Å². The standard InChI is InChI=1S/C36H56O9/c1-11-12-28(41)44-24-17-22-21(32(5,6)30(24)42)13-14-25-33(7)18-23(38)29(34(33,8)19-27(40)35(22,25)9)36(10,43)26(39)15-16-31(3,4)45-20(2)37/h13,22-25,29-30,38,42-43H,11-12,14-19H2,1-10H3/t22-,23-,24+,25+,29?,30-,33+,34-,35+,36+/m1/s1. The van der Waals surface area contributed by atoms with Crippen LogP contribution in [-0.4, -0.2) is 68.3 Å².